The van der Waals surface area contributed by atoms with E-state index >= 15 is 0 Å². The van der Waals surface area contributed by atoms with Gasteiger partial charge in [0.2, 0.25) is 0 Å². The number of nitrogens with zero attached hydrogens (tertiary/aromatic N) is 1. The van der Waals surface area contributed by atoms with E-state index in [1.807, 2.05) is 0 Å². The molecule has 3 nitrogen and oxygen atoms in total. The van der Waals surface area contributed by atoms with Crippen LogP contribution in [0, 0.1) is 0 Å². The number of hydrogen-bond donors (Lipinski definition) is 1. The third kappa shape index (κ3) is 6.30. The van der Waals surface area contributed by atoms with Crippen LogP contribution in [0.2, 0.25) is 0 Å². The highest BCUT2D eigenvalue weighted by molar-refractivity contribution is 5.78. The van der Waals surface area contributed by atoms with Crippen molar-refractivity contribution in [2.24, 2.45) is 0 Å². The lowest BCUT2D eigenvalue weighted by atomic mass is 10.1. The maximum atomic E-state index is 11.6. The highest BCUT2D eigenvalue weighted by Crippen LogP contribution is 2.15. The molecule has 1 aliphatic heterocycles. The van der Waals surface area contributed by atoms with Gasteiger partial charge in [0.1, 0.15) is 5.78 Å². The van der Waals surface area contributed by atoms with Gasteiger partial charge in [0.15, 0.2) is 0 Å². The molecule has 1 aliphatic rings. The summed E-state index contributed by atoms with van der Waals surface area (Å²) in [5.41, 5.74) is 1.33. The summed E-state index contributed by atoms with van der Waals surface area (Å²) in [7, 11) is 0. The fourth-order valence-corrected chi connectivity index (χ4v) is 2.86. The normalized spacial score (nSPS) is 20.0. The zero-order valence-corrected chi connectivity index (χ0v) is 13.0. The van der Waals surface area contributed by atoms with Crippen LogP contribution in [-0.4, -0.2) is 32.0 Å². The third-order valence-electron chi connectivity index (χ3n) is 4.12. The Morgan fingerprint density at radius 2 is 1.57 bits per heavy atom. The number of benzene rings is 1. The molecular weight excluding hydrogens is 260 g/mol. The Bertz CT molecular complexity index is 387. The van der Waals surface area contributed by atoms with Crippen molar-refractivity contribution in [3.8, 4) is 0 Å². The molecule has 1 N–H and O–H groups in total. The first-order chi connectivity index (χ1) is 10.4. The molecule has 1 fully saturated rings. The van der Waals surface area contributed by atoms with Gasteiger partial charge in [-0.3, -0.25) is 4.79 Å². The van der Waals surface area contributed by atoms with Crippen molar-refractivity contribution in [1.82, 2.24) is 5.32 Å². The summed E-state index contributed by atoms with van der Waals surface area (Å²) >= 11 is 0. The lowest BCUT2D eigenvalue weighted by molar-refractivity contribution is -0.119. The Morgan fingerprint density at radius 3 is 2.43 bits per heavy atom. The molecule has 0 aromatic heterocycles. The molecule has 3 heteroatoms. The maximum absolute atomic E-state index is 11.6. The molecule has 1 saturated heterocycles. The summed E-state index contributed by atoms with van der Waals surface area (Å²) in [5.74, 6) is 0.422. The van der Waals surface area contributed by atoms with E-state index in [-0.39, 0.29) is 0 Å². The van der Waals surface area contributed by atoms with Crippen molar-refractivity contribution in [2.75, 3.05) is 31.1 Å². The van der Waals surface area contributed by atoms with Crippen molar-refractivity contribution in [3.63, 3.8) is 0 Å². The molecule has 0 spiro atoms. The molecule has 0 bridgehead atoms. The van der Waals surface area contributed by atoms with E-state index < -0.39 is 0 Å². The van der Waals surface area contributed by atoms with Gasteiger partial charge in [-0.05, 0) is 37.9 Å². The fourth-order valence-electron chi connectivity index (χ4n) is 2.86. The molecule has 0 atom stereocenters. The molecule has 0 radical (unpaired) electrons. The van der Waals surface area contributed by atoms with Crippen molar-refractivity contribution in [2.45, 2.75) is 44.9 Å². The number of carbonyl (C=O) groups excluding carboxylic acids is 1. The van der Waals surface area contributed by atoms with Crippen LogP contribution in [0.25, 0.3) is 0 Å². The van der Waals surface area contributed by atoms with Crippen molar-refractivity contribution < 1.29 is 4.79 Å². The second-order valence-corrected chi connectivity index (χ2v) is 5.88. The van der Waals surface area contributed by atoms with Gasteiger partial charge in [0, 0.05) is 38.2 Å². The number of anilines is 1. The Balaban J connectivity index is 1.86. The van der Waals surface area contributed by atoms with E-state index in [9.17, 15) is 4.79 Å². The quantitative estimate of drug-likeness (QED) is 0.859. The van der Waals surface area contributed by atoms with Gasteiger partial charge in [-0.1, -0.05) is 31.0 Å². The van der Waals surface area contributed by atoms with Gasteiger partial charge < -0.3 is 10.2 Å². The number of nitrogens with one attached hydrogen (secondary N) is 1. The highest BCUT2D eigenvalue weighted by Gasteiger charge is 2.07. The molecule has 2 rings (SSSR count). The topological polar surface area (TPSA) is 32.3 Å². The van der Waals surface area contributed by atoms with E-state index in [0.29, 0.717) is 12.2 Å². The number of para-hydroxylation sites is 1. The van der Waals surface area contributed by atoms with Crippen molar-refractivity contribution >= 4 is 11.5 Å². The molecule has 21 heavy (non-hydrogen) atoms. The molecule has 1 aromatic rings. The Hall–Kier alpha value is -1.35. The highest BCUT2D eigenvalue weighted by atomic mass is 16.1. The standard InChI is InChI=1S/C18H28N2O/c21-18-11-6-1-2-7-15-20(16-8-13-19-14-12-18)17-9-4-3-5-10-17/h3-5,9-10,19H,1-2,6-8,11-16H2. The van der Waals surface area contributed by atoms with Crippen molar-refractivity contribution in [1.29, 1.82) is 0 Å². The first-order valence-electron chi connectivity index (χ1n) is 8.39. The van der Waals surface area contributed by atoms with Gasteiger partial charge >= 0.3 is 0 Å². The lowest BCUT2D eigenvalue weighted by Gasteiger charge is -2.25. The molecule has 1 heterocycles. The molecule has 0 aliphatic carbocycles. The predicted octanol–water partition coefficient (Wildman–Crippen LogP) is 3.40. The maximum Gasteiger partial charge on any atom is 0.134 e. The lowest BCUT2D eigenvalue weighted by Crippen LogP contribution is -2.29. The largest absolute Gasteiger partial charge is 0.371 e. The van der Waals surface area contributed by atoms with Crippen LogP contribution < -0.4 is 10.2 Å². The fraction of sp³-hybridized carbons (Fsp3) is 0.611. The molecule has 0 amide bonds. The number of hydrogen-bond acceptors (Lipinski definition) is 3. The van der Waals surface area contributed by atoms with E-state index in [1.165, 1.54) is 24.9 Å². The summed E-state index contributed by atoms with van der Waals surface area (Å²) in [6, 6.07) is 10.7. The van der Waals surface area contributed by atoms with Crippen LogP contribution in [-0.2, 0) is 4.79 Å². The summed E-state index contributed by atoms with van der Waals surface area (Å²) in [6.07, 6.45) is 7.28. The summed E-state index contributed by atoms with van der Waals surface area (Å²) in [4.78, 5) is 14.1. The van der Waals surface area contributed by atoms with Gasteiger partial charge in [-0.25, -0.2) is 0 Å². The number of ketones is 1. The molecule has 116 valence electrons. The molecule has 0 unspecified atom stereocenters. The SMILES string of the molecule is O=C1CCCCCCN(c2ccccc2)CCCNCC1. The van der Waals surface area contributed by atoms with Crippen LogP contribution in [0.4, 0.5) is 5.69 Å². The van der Waals surface area contributed by atoms with E-state index in [1.54, 1.807) is 0 Å². The van der Waals surface area contributed by atoms with Gasteiger partial charge in [0.25, 0.3) is 0 Å². The van der Waals surface area contributed by atoms with E-state index in [2.05, 4.69) is 40.5 Å². The third-order valence-corrected chi connectivity index (χ3v) is 4.12. The van der Waals surface area contributed by atoms with Crippen LogP contribution in [0.5, 0.6) is 0 Å². The van der Waals surface area contributed by atoms with Crippen LogP contribution in [0.1, 0.15) is 44.9 Å². The molecule has 1 aromatic carbocycles. The Kier molecular flexibility index (Phi) is 7.30. The second kappa shape index (κ2) is 9.56. The Morgan fingerprint density at radius 1 is 0.810 bits per heavy atom. The van der Waals surface area contributed by atoms with Crippen LogP contribution in [0.15, 0.2) is 30.3 Å². The monoisotopic (exact) mass is 288 g/mol. The number of carbonyl (C=O) groups is 1. The predicted molar refractivity (Wildman–Crippen MR) is 88.9 cm³/mol. The van der Waals surface area contributed by atoms with Crippen molar-refractivity contribution in [3.05, 3.63) is 30.3 Å². The zero-order chi connectivity index (χ0) is 14.8. The minimum Gasteiger partial charge on any atom is -0.371 e. The molecule has 0 saturated carbocycles. The number of Topliss-reactive ketones (excluding diaryl/α,β-unsaturated/α-hetero) is 1. The van der Waals surface area contributed by atoms with Gasteiger partial charge in [-0.15, -0.1) is 0 Å². The summed E-state index contributed by atoms with van der Waals surface area (Å²) < 4.78 is 0. The minimum absolute atomic E-state index is 0.422. The second-order valence-electron chi connectivity index (χ2n) is 5.88. The minimum atomic E-state index is 0.422. The van der Waals surface area contributed by atoms with E-state index in [0.717, 1.165) is 45.4 Å². The summed E-state index contributed by atoms with van der Waals surface area (Å²) in [6.45, 7) is 4.05. The number of rotatable bonds is 1. The smallest absolute Gasteiger partial charge is 0.134 e. The first kappa shape index (κ1) is 16.0. The molecular formula is C18H28N2O. The Labute approximate surface area is 128 Å². The average molecular weight is 288 g/mol. The van der Waals surface area contributed by atoms with Gasteiger partial charge in [0.05, 0.1) is 0 Å². The van der Waals surface area contributed by atoms with Crippen LogP contribution >= 0.6 is 0 Å². The van der Waals surface area contributed by atoms with Gasteiger partial charge in [-0.2, -0.15) is 0 Å². The average Bonchev–Trinajstić information content (AvgIpc) is 2.52. The first-order valence-corrected chi connectivity index (χ1v) is 8.39. The zero-order valence-electron chi connectivity index (χ0n) is 13.0. The van der Waals surface area contributed by atoms with E-state index in [4.69, 9.17) is 0 Å². The summed E-state index contributed by atoms with van der Waals surface area (Å²) in [5, 5.41) is 3.39. The van der Waals surface area contributed by atoms with Crippen LogP contribution in [0.3, 0.4) is 0 Å².